The Labute approximate surface area is 172 Å². The Hall–Kier alpha value is -2.92. The van der Waals surface area contributed by atoms with E-state index >= 15 is 0 Å². The molecule has 3 aromatic rings. The molecule has 4 nitrogen and oxygen atoms in total. The fourth-order valence-electron chi connectivity index (χ4n) is 2.65. The van der Waals surface area contributed by atoms with Gasteiger partial charge in [-0.15, -0.1) is 0 Å². The molecule has 0 fully saturated rings. The van der Waals surface area contributed by atoms with E-state index in [1.807, 2.05) is 55.5 Å². The SMILES string of the molecule is Cc1ccc(NC(=O)c2ccccc2OCC(=O)Cc2ccc(Br)cc2)cc1. The summed E-state index contributed by atoms with van der Waals surface area (Å²) in [6, 6.07) is 22.0. The standard InChI is InChI=1S/C23H20BrNO3/c1-16-6-12-19(13-7-16)25-23(27)21-4-2-3-5-22(21)28-15-20(26)14-17-8-10-18(24)11-9-17/h2-13H,14-15H2,1H3,(H,25,27). The zero-order valence-corrected chi connectivity index (χ0v) is 17.0. The van der Waals surface area contributed by atoms with Gasteiger partial charge in [0.15, 0.2) is 5.78 Å². The predicted molar refractivity (Wildman–Crippen MR) is 114 cm³/mol. The molecule has 0 unspecified atom stereocenters. The Morgan fingerprint density at radius 3 is 2.32 bits per heavy atom. The molecular formula is C23H20BrNO3. The van der Waals surface area contributed by atoms with Crippen LogP contribution in [0.4, 0.5) is 5.69 Å². The number of aryl methyl sites for hydroxylation is 1. The normalized spacial score (nSPS) is 10.4. The molecule has 1 amide bonds. The lowest BCUT2D eigenvalue weighted by Gasteiger charge is -2.11. The van der Waals surface area contributed by atoms with E-state index < -0.39 is 0 Å². The average Bonchev–Trinajstić information content (AvgIpc) is 2.70. The quantitative estimate of drug-likeness (QED) is 0.552. The first-order valence-electron chi connectivity index (χ1n) is 8.87. The lowest BCUT2D eigenvalue weighted by molar-refractivity contribution is -0.120. The van der Waals surface area contributed by atoms with Crippen LogP contribution in [0.3, 0.4) is 0 Å². The molecule has 0 radical (unpaired) electrons. The summed E-state index contributed by atoms with van der Waals surface area (Å²) in [7, 11) is 0. The van der Waals surface area contributed by atoms with E-state index in [2.05, 4.69) is 21.2 Å². The van der Waals surface area contributed by atoms with Gasteiger partial charge in [0.05, 0.1) is 5.56 Å². The minimum Gasteiger partial charge on any atom is -0.485 e. The van der Waals surface area contributed by atoms with Crippen molar-refractivity contribution in [1.29, 1.82) is 0 Å². The number of carbonyl (C=O) groups is 2. The smallest absolute Gasteiger partial charge is 0.259 e. The van der Waals surface area contributed by atoms with E-state index in [0.717, 1.165) is 15.6 Å². The van der Waals surface area contributed by atoms with Crippen molar-refractivity contribution in [3.63, 3.8) is 0 Å². The second kappa shape index (κ2) is 9.33. The maximum Gasteiger partial charge on any atom is 0.259 e. The largest absolute Gasteiger partial charge is 0.485 e. The Bertz CT molecular complexity index is 966. The zero-order chi connectivity index (χ0) is 19.9. The van der Waals surface area contributed by atoms with E-state index in [0.29, 0.717) is 17.0 Å². The number of hydrogen-bond donors (Lipinski definition) is 1. The minimum absolute atomic E-state index is 0.0592. The first-order chi connectivity index (χ1) is 13.5. The minimum atomic E-state index is -0.278. The van der Waals surface area contributed by atoms with Gasteiger partial charge in [-0.25, -0.2) is 0 Å². The highest BCUT2D eigenvalue weighted by Gasteiger charge is 2.14. The summed E-state index contributed by atoms with van der Waals surface area (Å²) in [5.74, 6) is 0.0483. The van der Waals surface area contributed by atoms with Crippen LogP contribution >= 0.6 is 15.9 Å². The Morgan fingerprint density at radius 1 is 0.929 bits per heavy atom. The molecule has 0 saturated carbocycles. The van der Waals surface area contributed by atoms with Crippen molar-refractivity contribution in [2.24, 2.45) is 0 Å². The molecule has 3 rings (SSSR count). The summed E-state index contributed by atoms with van der Waals surface area (Å²) in [6.45, 7) is 1.89. The third-order valence-electron chi connectivity index (χ3n) is 4.14. The Morgan fingerprint density at radius 2 is 1.61 bits per heavy atom. The van der Waals surface area contributed by atoms with Crippen LogP contribution in [0.15, 0.2) is 77.3 Å². The van der Waals surface area contributed by atoms with Gasteiger partial charge in [-0.1, -0.05) is 57.9 Å². The van der Waals surface area contributed by atoms with Crippen molar-refractivity contribution in [2.45, 2.75) is 13.3 Å². The van der Waals surface area contributed by atoms with E-state index in [9.17, 15) is 9.59 Å². The van der Waals surface area contributed by atoms with Crippen LogP contribution in [0.5, 0.6) is 5.75 Å². The van der Waals surface area contributed by atoms with Crippen LogP contribution in [-0.2, 0) is 11.2 Å². The number of para-hydroxylation sites is 1. The van der Waals surface area contributed by atoms with Crippen LogP contribution in [0.25, 0.3) is 0 Å². The zero-order valence-electron chi connectivity index (χ0n) is 15.4. The summed E-state index contributed by atoms with van der Waals surface area (Å²) in [4.78, 5) is 24.8. The first-order valence-corrected chi connectivity index (χ1v) is 9.66. The molecule has 3 aromatic carbocycles. The average molecular weight is 438 g/mol. The maximum absolute atomic E-state index is 12.6. The van der Waals surface area contributed by atoms with Gasteiger partial charge in [-0.2, -0.15) is 0 Å². The molecule has 142 valence electrons. The highest BCUT2D eigenvalue weighted by molar-refractivity contribution is 9.10. The van der Waals surface area contributed by atoms with Crippen molar-refractivity contribution in [1.82, 2.24) is 0 Å². The summed E-state index contributed by atoms with van der Waals surface area (Å²) in [5, 5.41) is 2.85. The second-order valence-electron chi connectivity index (χ2n) is 6.45. The first kappa shape index (κ1) is 19.8. The van der Waals surface area contributed by atoms with Gasteiger partial charge >= 0.3 is 0 Å². The number of hydrogen-bond acceptors (Lipinski definition) is 3. The molecule has 0 bridgehead atoms. The van der Waals surface area contributed by atoms with Crippen molar-refractivity contribution < 1.29 is 14.3 Å². The van der Waals surface area contributed by atoms with Gasteiger partial charge in [0.1, 0.15) is 12.4 Å². The van der Waals surface area contributed by atoms with Crippen molar-refractivity contribution in [3.05, 3.63) is 94.0 Å². The molecule has 0 aliphatic carbocycles. The lowest BCUT2D eigenvalue weighted by Crippen LogP contribution is -2.17. The molecular weight excluding hydrogens is 418 g/mol. The fraction of sp³-hybridized carbons (Fsp3) is 0.130. The summed E-state index contributed by atoms with van der Waals surface area (Å²) in [5.41, 5.74) is 3.13. The molecule has 5 heteroatoms. The van der Waals surface area contributed by atoms with Gasteiger partial charge in [0.2, 0.25) is 0 Å². The maximum atomic E-state index is 12.6. The number of Topliss-reactive ketones (excluding diaryl/α,β-unsaturated/α-hetero) is 1. The number of ketones is 1. The topological polar surface area (TPSA) is 55.4 Å². The predicted octanol–water partition coefficient (Wildman–Crippen LogP) is 5.20. The third-order valence-corrected chi connectivity index (χ3v) is 4.67. The molecule has 28 heavy (non-hydrogen) atoms. The number of anilines is 1. The summed E-state index contributed by atoms with van der Waals surface area (Å²) >= 11 is 3.37. The van der Waals surface area contributed by atoms with Gasteiger partial charge in [-0.3, -0.25) is 9.59 Å². The summed E-state index contributed by atoms with van der Waals surface area (Å²) < 4.78 is 6.62. The lowest BCUT2D eigenvalue weighted by atomic mass is 10.1. The highest BCUT2D eigenvalue weighted by Crippen LogP contribution is 2.20. The van der Waals surface area contributed by atoms with E-state index in [1.54, 1.807) is 24.3 Å². The Balaban J connectivity index is 1.63. The number of carbonyl (C=O) groups excluding carboxylic acids is 2. The molecule has 0 aromatic heterocycles. The van der Waals surface area contributed by atoms with Gasteiger partial charge in [0.25, 0.3) is 5.91 Å². The van der Waals surface area contributed by atoms with E-state index in [-0.39, 0.29) is 24.7 Å². The number of amides is 1. The van der Waals surface area contributed by atoms with E-state index in [1.165, 1.54) is 0 Å². The number of halogens is 1. The number of ether oxygens (including phenoxy) is 1. The van der Waals surface area contributed by atoms with Crippen LogP contribution < -0.4 is 10.1 Å². The van der Waals surface area contributed by atoms with Crippen LogP contribution in [0, 0.1) is 6.92 Å². The van der Waals surface area contributed by atoms with Gasteiger partial charge < -0.3 is 10.1 Å². The van der Waals surface area contributed by atoms with E-state index in [4.69, 9.17) is 4.74 Å². The van der Waals surface area contributed by atoms with Gasteiger partial charge in [-0.05, 0) is 48.9 Å². The fourth-order valence-corrected chi connectivity index (χ4v) is 2.92. The van der Waals surface area contributed by atoms with Crippen molar-refractivity contribution >= 4 is 33.3 Å². The number of rotatable bonds is 7. The van der Waals surface area contributed by atoms with Crippen LogP contribution in [0.2, 0.25) is 0 Å². The van der Waals surface area contributed by atoms with Crippen LogP contribution in [0.1, 0.15) is 21.5 Å². The molecule has 0 aliphatic heterocycles. The monoisotopic (exact) mass is 437 g/mol. The van der Waals surface area contributed by atoms with Crippen molar-refractivity contribution in [2.75, 3.05) is 11.9 Å². The van der Waals surface area contributed by atoms with Crippen LogP contribution in [-0.4, -0.2) is 18.3 Å². The Kier molecular flexibility index (Phi) is 6.61. The molecule has 0 aliphatic rings. The summed E-state index contributed by atoms with van der Waals surface area (Å²) in [6.07, 6.45) is 0.283. The second-order valence-corrected chi connectivity index (χ2v) is 7.36. The molecule has 1 N–H and O–H groups in total. The molecule has 0 heterocycles. The number of nitrogens with one attached hydrogen (secondary N) is 1. The van der Waals surface area contributed by atoms with Crippen molar-refractivity contribution in [3.8, 4) is 5.75 Å². The highest BCUT2D eigenvalue weighted by atomic mass is 79.9. The molecule has 0 saturated heterocycles. The van der Waals surface area contributed by atoms with Gasteiger partial charge in [0, 0.05) is 16.6 Å². The third kappa shape index (κ3) is 5.54. The molecule has 0 atom stereocenters. The number of benzene rings is 3. The molecule has 0 spiro atoms.